The van der Waals surface area contributed by atoms with Gasteiger partial charge in [-0.2, -0.15) is 5.10 Å². The average Bonchev–Trinajstić information content (AvgIpc) is 3.24. The fraction of sp³-hybridized carbons (Fsp3) is 0.0833. The van der Waals surface area contributed by atoms with Crippen LogP contribution in [0.1, 0.15) is 10.5 Å². The van der Waals surface area contributed by atoms with Crippen LogP contribution < -0.4 is 4.90 Å². The summed E-state index contributed by atoms with van der Waals surface area (Å²) < 4.78 is 23.6. The first-order valence-corrected chi connectivity index (χ1v) is 12.0. The van der Waals surface area contributed by atoms with Gasteiger partial charge in [0.15, 0.2) is 9.84 Å². The Morgan fingerprint density at radius 2 is 1.50 bits per heavy atom. The van der Waals surface area contributed by atoms with Crippen LogP contribution in [0.5, 0.6) is 0 Å². The van der Waals surface area contributed by atoms with Crippen molar-refractivity contribution in [2.45, 2.75) is 4.90 Å². The molecule has 0 atom stereocenters. The Morgan fingerprint density at radius 3 is 2.09 bits per heavy atom. The van der Waals surface area contributed by atoms with E-state index in [1.165, 1.54) is 12.1 Å². The minimum atomic E-state index is -3.32. The number of aromatic amines is 1. The molecule has 1 aromatic heterocycles. The minimum absolute atomic E-state index is 0.213. The molecule has 1 N–H and O–H groups in total. The third-order valence-electron chi connectivity index (χ3n) is 5.12. The number of carbonyl (C=O) groups excluding carboxylic acids is 1. The molecule has 0 aliphatic rings. The van der Waals surface area contributed by atoms with Crippen LogP contribution in [0.15, 0.2) is 83.8 Å². The Bertz CT molecular complexity index is 1360. The Balaban J connectivity index is 1.84. The number of sulfone groups is 1. The number of H-pyrrole nitrogens is 1. The van der Waals surface area contributed by atoms with E-state index in [9.17, 15) is 13.2 Å². The number of hydrogen-bond donors (Lipinski definition) is 1. The molecular formula is C24H20ClN3O3S. The highest BCUT2D eigenvalue weighted by atomic mass is 35.5. The van der Waals surface area contributed by atoms with Crippen molar-refractivity contribution in [2.75, 3.05) is 18.2 Å². The van der Waals surface area contributed by atoms with Crippen molar-refractivity contribution in [2.24, 2.45) is 0 Å². The van der Waals surface area contributed by atoms with Gasteiger partial charge in [0.1, 0.15) is 11.4 Å². The Morgan fingerprint density at radius 1 is 0.906 bits per heavy atom. The van der Waals surface area contributed by atoms with Gasteiger partial charge in [-0.3, -0.25) is 9.89 Å². The highest BCUT2D eigenvalue weighted by molar-refractivity contribution is 7.90. The third kappa shape index (κ3) is 4.30. The largest absolute Gasteiger partial charge is 0.310 e. The number of nitrogens with one attached hydrogen (secondary N) is 1. The van der Waals surface area contributed by atoms with E-state index in [0.717, 1.165) is 17.5 Å². The van der Waals surface area contributed by atoms with E-state index in [-0.39, 0.29) is 10.8 Å². The molecule has 0 spiro atoms. The lowest BCUT2D eigenvalue weighted by molar-refractivity contribution is 0.0989. The molecule has 1 amide bonds. The van der Waals surface area contributed by atoms with Crippen molar-refractivity contribution in [1.29, 1.82) is 0 Å². The van der Waals surface area contributed by atoms with Crippen molar-refractivity contribution in [1.82, 2.24) is 10.2 Å². The second kappa shape index (κ2) is 8.61. The van der Waals surface area contributed by atoms with Gasteiger partial charge in [0, 0.05) is 35.1 Å². The third-order valence-corrected chi connectivity index (χ3v) is 6.50. The Hall–Kier alpha value is -3.42. The SMILES string of the molecule is CN(C(=O)c1[nH]nc(-c2ccc(S(C)(=O)=O)cc2)c1-c1ccc(Cl)cc1)c1ccccc1. The maximum Gasteiger partial charge on any atom is 0.276 e. The molecule has 0 aliphatic carbocycles. The lowest BCUT2D eigenvalue weighted by Crippen LogP contribution is -2.27. The van der Waals surface area contributed by atoms with Crippen LogP contribution >= 0.6 is 11.6 Å². The number of halogens is 1. The zero-order chi connectivity index (χ0) is 22.9. The summed E-state index contributed by atoms with van der Waals surface area (Å²) in [4.78, 5) is 15.1. The predicted octanol–water partition coefficient (Wildman–Crippen LogP) is 5.08. The van der Waals surface area contributed by atoms with Gasteiger partial charge < -0.3 is 4.90 Å². The first kappa shape index (κ1) is 21.8. The second-order valence-corrected chi connectivity index (χ2v) is 9.78. The first-order valence-electron chi connectivity index (χ1n) is 9.73. The van der Waals surface area contributed by atoms with Gasteiger partial charge in [-0.25, -0.2) is 8.42 Å². The standard InChI is InChI=1S/C24H20ClN3O3S/c1-28(19-6-4-3-5-7-19)24(29)23-21(16-8-12-18(25)13-9-16)22(26-27-23)17-10-14-20(15-11-17)32(2,30)31/h3-15H,1-2H3,(H,26,27). The monoisotopic (exact) mass is 465 g/mol. The van der Waals surface area contributed by atoms with E-state index in [0.29, 0.717) is 27.5 Å². The summed E-state index contributed by atoms with van der Waals surface area (Å²) in [6.07, 6.45) is 1.16. The molecule has 162 valence electrons. The van der Waals surface area contributed by atoms with Crippen molar-refractivity contribution in [3.63, 3.8) is 0 Å². The Labute approximate surface area is 191 Å². The highest BCUT2D eigenvalue weighted by Crippen LogP contribution is 2.35. The molecule has 1 heterocycles. The highest BCUT2D eigenvalue weighted by Gasteiger charge is 2.25. The van der Waals surface area contributed by atoms with Gasteiger partial charge in [0.2, 0.25) is 0 Å². The molecule has 32 heavy (non-hydrogen) atoms. The maximum atomic E-state index is 13.4. The zero-order valence-corrected chi connectivity index (χ0v) is 19.0. The van der Waals surface area contributed by atoms with Crippen LogP contribution in [-0.4, -0.2) is 37.8 Å². The van der Waals surface area contributed by atoms with E-state index >= 15 is 0 Å². The maximum absolute atomic E-state index is 13.4. The van der Waals surface area contributed by atoms with Gasteiger partial charge >= 0.3 is 0 Å². The van der Waals surface area contributed by atoms with Gasteiger partial charge in [-0.1, -0.05) is 54.1 Å². The van der Waals surface area contributed by atoms with E-state index in [1.807, 2.05) is 42.5 Å². The summed E-state index contributed by atoms with van der Waals surface area (Å²) >= 11 is 6.07. The number of nitrogens with zero attached hydrogens (tertiary/aromatic N) is 2. The van der Waals surface area contributed by atoms with Crippen molar-refractivity contribution in [3.05, 3.63) is 89.6 Å². The van der Waals surface area contributed by atoms with Crippen molar-refractivity contribution < 1.29 is 13.2 Å². The molecule has 0 unspecified atom stereocenters. The van der Waals surface area contributed by atoms with E-state index in [1.54, 1.807) is 36.2 Å². The number of aromatic nitrogens is 2. The predicted molar refractivity (Wildman–Crippen MR) is 127 cm³/mol. The van der Waals surface area contributed by atoms with E-state index in [2.05, 4.69) is 10.2 Å². The molecule has 0 saturated heterocycles. The van der Waals surface area contributed by atoms with Gasteiger partial charge in [-0.15, -0.1) is 0 Å². The topological polar surface area (TPSA) is 83.1 Å². The fourth-order valence-corrected chi connectivity index (χ4v) is 4.16. The van der Waals surface area contributed by atoms with Gasteiger partial charge in [-0.05, 0) is 42.0 Å². The van der Waals surface area contributed by atoms with Gasteiger partial charge in [0.05, 0.1) is 4.90 Å². The summed E-state index contributed by atoms with van der Waals surface area (Å²) in [6.45, 7) is 0. The summed E-state index contributed by atoms with van der Waals surface area (Å²) in [6, 6.07) is 22.9. The molecule has 0 fully saturated rings. The fourth-order valence-electron chi connectivity index (χ4n) is 3.40. The van der Waals surface area contributed by atoms with Crippen LogP contribution in [0.3, 0.4) is 0 Å². The van der Waals surface area contributed by atoms with Crippen LogP contribution in [0.25, 0.3) is 22.4 Å². The molecule has 0 radical (unpaired) electrons. The first-order chi connectivity index (χ1) is 15.3. The summed E-state index contributed by atoms with van der Waals surface area (Å²) in [5.74, 6) is -0.257. The molecule has 0 aliphatic heterocycles. The van der Waals surface area contributed by atoms with Gasteiger partial charge in [0.25, 0.3) is 5.91 Å². The number of rotatable bonds is 5. The molecule has 6 nitrogen and oxygen atoms in total. The van der Waals surface area contributed by atoms with Crippen molar-refractivity contribution >= 4 is 33.0 Å². The van der Waals surface area contributed by atoms with Crippen LogP contribution in [0.4, 0.5) is 5.69 Å². The number of hydrogen-bond acceptors (Lipinski definition) is 4. The molecule has 0 saturated carbocycles. The Kier molecular flexibility index (Phi) is 5.86. The second-order valence-electron chi connectivity index (χ2n) is 7.33. The molecule has 3 aromatic carbocycles. The molecule has 0 bridgehead atoms. The van der Waals surface area contributed by atoms with Crippen molar-refractivity contribution in [3.8, 4) is 22.4 Å². The average molecular weight is 466 g/mol. The summed E-state index contributed by atoms with van der Waals surface area (Å²) in [5, 5.41) is 7.88. The smallest absolute Gasteiger partial charge is 0.276 e. The number of amides is 1. The quantitative estimate of drug-likeness (QED) is 0.445. The number of benzene rings is 3. The lowest BCUT2D eigenvalue weighted by Gasteiger charge is -2.17. The van der Waals surface area contributed by atoms with E-state index in [4.69, 9.17) is 11.6 Å². The number of anilines is 1. The minimum Gasteiger partial charge on any atom is -0.310 e. The zero-order valence-electron chi connectivity index (χ0n) is 17.4. The molecular weight excluding hydrogens is 446 g/mol. The summed E-state index contributed by atoms with van der Waals surface area (Å²) in [7, 11) is -1.62. The van der Waals surface area contributed by atoms with Crippen LogP contribution in [0.2, 0.25) is 5.02 Å². The lowest BCUT2D eigenvalue weighted by atomic mass is 9.98. The van der Waals surface area contributed by atoms with Crippen LogP contribution in [-0.2, 0) is 9.84 Å². The van der Waals surface area contributed by atoms with Crippen LogP contribution in [0, 0.1) is 0 Å². The molecule has 8 heteroatoms. The summed E-state index contributed by atoms with van der Waals surface area (Å²) in [5.41, 5.74) is 3.66. The number of para-hydroxylation sites is 1. The molecule has 4 rings (SSSR count). The molecule has 4 aromatic rings. The number of carbonyl (C=O) groups is 1. The normalized spacial score (nSPS) is 11.3. The van der Waals surface area contributed by atoms with E-state index < -0.39 is 9.84 Å².